The van der Waals surface area contributed by atoms with Crippen molar-refractivity contribution in [2.24, 2.45) is 0 Å². The highest BCUT2D eigenvalue weighted by Crippen LogP contribution is 2.54. The van der Waals surface area contributed by atoms with Gasteiger partial charge in [0.15, 0.2) is 23.0 Å². The standard InChI is InChI=1S/C22H27NO4.ClH/c1-5-9-23-10-8-14-12-17(25-2)22(27-4)20-18(14)15(23)11-13-6-7-16(24)21(26-3)19(13)20;/h6-7,12,15,24H,5,8-11H2,1-4H3;1H. The Bertz CT molecular complexity index is 884. The summed E-state index contributed by atoms with van der Waals surface area (Å²) in [6, 6.07) is 6.28. The van der Waals surface area contributed by atoms with E-state index in [0.29, 0.717) is 11.8 Å². The first kappa shape index (κ1) is 20.6. The van der Waals surface area contributed by atoms with Gasteiger partial charge in [0, 0.05) is 29.5 Å². The van der Waals surface area contributed by atoms with Crippen LogP contribution in [0.5, 0.6) is 23.0 Å². The van der Waals surface area contributed by atoms with Gasteiger partial charge >= 0.3 is 0 Å². The molecule has 2 aromatic rings. The Kier molecular flexibility index (Phi) is 5.96. The molecule has 5 nitrogen and oxygen atoms in total. The van der Waals surface area contributed by atoms with Crippen molar-refractivity contribution in [3.05, 3.63) is 34.9 Å². The molecule has 2 aliphatic rings. The van der Waals surface area contributed by atoms with Gasteiger partial charge in [-0.15, -0.1) is 0 Å². The van der Waals surface area contributed by atoms with Crippen molar-refractivity contribution in [2.45, 2.75) is 32.2 Å². The van der Waals surface area contributed by atoms with Crippen LogP contribution in [0.15, 0.2) is 18.2 Å². The highest BCUT2D eigenvalue weighted by Gasteiger charge is 2.41. The average molecular weight is 406 g/mol. The summed E-state index contributed by atoms with van der Waals surface area (Å²) in [4.78, 5) is 1.62. The Morgan fingerprint density at radius 3 is 2.43 bits per heavy atom. The maximum absolute atomic E-state index is 10.4. The van der Waals surface area contributed by atoms with Crippen molar-refractivity contribution in [3.63, 3.8) is 0 Å². The number of ether oxygens (including phenoxy) is 3. The Labute approximate surface area is 172 Å². The molecule has 0 bridgehead atoms. The van der Waals surface area contributed by atoms with Crippen LogP contribution in [0, 0.1) is 0 Å². The van der Waals surface area contributed by atoms with E-state index >= 15 is 0 Å². The van der Waals surface area contributed by atoms with Gasteiger partial charge < -0.3 is 36.6 Å². The van der Waals surface area contributed by atoms with Gasteiger partial charge in [-0.1, -0.05) is 13.0 Å². The molecule has 1 heterocycles. The Morgan fingerprint density at radius 1 is 1.04 bits per heavy atom. The van der Waals surface area contributed by atoms with Crippen LogP contribution in [0.3, 0.4) is 0 Å². The number of hydrogen-bond acceptors (Lipinski definition) is 4. The largest absolute Gasteiger partial charge is 1.00 e. The number of rotatable bonds is 5. The van der Waals surface area contributed by atoms with E-state index in [-0.39, 0.29) is 18.2 Å². The van der Waals surface area contributed by atoms with Gasteiger partial charge in [0.1, 0.15) is 6.04 Å². The molecule has 2 atom stereocenters. The number of benzene rings is 2. The fraction of sp³-hybridized carbons (Fsp3) is 0.455. The zero-order valence-electron chi connectivity index (χ0n) is 16.9. The van der Waals surface area contributed by atoms with E-state index in [4.69, 9.17) is 14.2 Å². The van der Waals surface area contributed by atoms with E-state index in [9.17, 15) is 5.11 Å². The van der Waals surface area contributed by atoms with Crippen LogP contribution in [0.1, 0.15) is 36.1 Å². The Hall–Kier alpha value is -2.11. The molecule has 6 heteroatoms. The van der Waals surface area contributed by atoms with Gasteiger partial charge in [-0.25, -0.2) is 0 Å². The summed E-state index contributed by atoms with van der Waals surface area (Å²) in [6.07, 6.45) is 3.12. The molecule has 4 rings (SSSR count). The lowest BCUT2D eigenvalue weighted by molar-refractivity contribution is -0.934. The second kappa shape index (κ2) is 8.10. The van der Waals surface area contributed by atoms with Gasteiger partial charge in [0.05, 0.1) is 34.4 Å². The van der Waals surface area contributed by atoms with Gasteiger partial charge in [-0.2, -0.15) is 0 Å². The minimum Gasteiger partial charge on any atom is -1.00 e. The summed E-state index contributed by atoms with van der Waals surface area (Å²) < 4.78 is 17.1. The Balaban J connectivity index is 0.00000225. The predicted molar refractivity (Wildman–Crippen MR) is 104 cm³/mol. The second-order valence-electron chi connectivity index (χ2n) is 7.38. The monoisotopic (exact) mass is 405 g/mol. The van der Waals surface area contributed by atoms with Crippen LogP contribution in [-0.4, -0.2) is 39.5 Å². The van der Waals surface area contributed by atoms with Crippen LogP contribution >= 0.6 is 0 Å². The quantitative estimate of drug-likeness (QED) is 0.706. The van der Waals surface area contributed by atoms with Gasteiger partial charge in [0.25, 0.3) is 0 Å². The van der Waals surface area contributed by atoms with Crippen LogP contribution in [0.25, 0.3) is 11.1 Å². The third kappa shape index (κ3) is 2.97. The van der Waals surface area contributed by atoms with Crippen LogP contribution in [0.2, 0.25) is 0 Å². The molecule has 2 unspecified atom stereocenters. The van der Waals surface area contributed by atoms with Crippen molar-refractivity contribution < 1.29 is 36.6 Å². The summed E-state index contributed by atoms with van der Waals surface area (Å²) in [6.45, 7) is 4.53. The average Bonchev–Trinajstić information content (AvgIpc) is 2.69. The minimum atomic E-state index is 0. The molecule has 2 N–H and O–H groups in total. The molecular formula is C22H28ClNO4. The third-order valence-corrected chi connectivity index (χ3v) is 6.02. The van der Waals surface area contributed by atoms with E-state index in [0.717, 1.165) is 55.0 Å². The molecule has 0 fully saturated rings. The van der Waals surface area contributed by atoms with Crippen molar-refractivity contribution >= 4 is 0 Å². The molecule has 1 aliphatic heterocycles. The van der Waals surface area contributed by atoms with E-state index < -0.39 is 0 Å². The molecule has 0 amide bonds. The van der Waals surface area contributed by atoms with E-state index in [1.54, 1.807) is 32.3 Å². The maximum atomic E-state index is 10.4. The smallest absolute Gasteiger partial charge is 0.169 e. The molecular weight excluding hydrogens is 378 g/mol. The first-order valence-electron chi connectivity index (χ1n) is 9.66. The van der Waals surface area contributed by atoms with Crippen molar-refractivity contribution in [1.29, 1.82) is 0 Å². The van der Waals surface area contributed by atoms with Gasteiger partial charge in [-0.05, 0) is 29.7 Å². The molecule has 0 saturated carbocycles. The minimum absolute atomic E-state index is 0. The SMILES string of the molecule is CCC[NH+]1CCc2cc(OC)c(OC)c3c2C1Cc1ccc(O)c(OC)c1-3.[Cl-]. The molecule has 152 valence electrons. The van der Waals surface area contributed by atoms with Crippen LogP contribution in [-0.2, 0) is 12.8 Å². The summed E-state index contributed by atoms with van der Waals surface area (Å²) in [5, 5.41) is 10.4. The van der Waals surface area contributed by atoms with E-state index in [1.807, 2.05) is 6.07 Å². The number of nitrogens with one attached hydrogen (secondary N) is 1. The summed E-state index contributed by atoms with van der Waals surface area (Å²) in [5.41, 5.74) is 5.81. The molecule has 0 aromatic heterocycles. The van der Waals surface area contributed by atoms with Crippen molar-refractivity contribution in [2.75, 3.05) is 34.4 Å². The summed E-state index contributed by atoms with van der Waals surface area (Å²) >= 11 is 0. The van der Waals surface area contributed by atoms with E-state index in [2.05, 4.69) is 13.0 Å². The second-order valence-corrected chi connectivity index (χ2v) is 7.38. The highest BCUT2D eigenvalue weighted by atomic mass is 35.5. The normalized spacial score (nSPS) is 19.1. The summed E-state index contributed by atoms with van der Waals surface area (Å²) in [7, 11) is 4.96. The van der Waals surface area contributed by atoms with Crippen molar-refractivity contribution in [1.82, 2.24) is 0 Å². The highest BCUT2D eigenvalue weighted by molar-refractivity contribution is 5.88. The number of phenolic OH excluding ortho intramolecular Hbond substituents is 1. The van der Waals surface area contributed by atoms with Gasteiger partial charge in [-0.3, -0.25) is 0 Å². The number of halogens is 1. The zero-order chi connectivity index (χ0) is 19.1. The molecule has 28 heavy (non-hydrogen) atoms. The third-order valence-electron chi connectivity index (χ3n) is 6.02. The molecule has 0 spiro atoms. The predicted octanol–water partition coefficient (Wildman–Crippen LogP) is -0.463. The Morgan fingerprint density at radius 2 is 1.79 bits per heavy atom. The first-order chi connectivity index (χ1) is 13.1. The lowest BCUT2D eigenvalue weighted by atomic mass is 9.76. The lowest BCUT2D eigenvalue weighted by Crippen LogP contribution is -3.13. The van der Waals surface area contributed by atoms with Gasteiger partial charge in [0.2, 0.25) is 0 Å². The molecule has 0 radical (unpaired) electrons. The lowest BCUT2D eigenvalue weighted by Gasteiger charge is -2.40. The number of fused-ring (bicyclic) bond motifs is 2. The molecule has 2 aromatic carbocycles. The topological polar surface area (TPSA) is 52.4 Å². The number of phenols is 1. The van der Waals surface area contributed by atoms with Crippen molar-refractivity contribution in [3.8, 4) is 34.1 Å². The van der Waals surface area contributed by atoms with Crippen LogP contribution < -0.4 is 31.5 Å². The number of methoxy groups -OCH3 is 3. The molecule has 0 saturated heterocycles. The number of aromatic hydroxyl groups is 1. The molecule has 1 aliphatic carbocycles. The number of hydrogen-bond donors (Lipinski definition) is 2. The fourth-order valence-electron chi connectivity index (χ4n) is 4.94. The number of quaternary nitrogens is 1. The zero-order valence-corrected chi connectivity index (χ0v) is 17.7. The summed E-state index contributed by atoms with van der Waals surface area (Å²) in [5.74, 6) is 2.13. The van der Waals surface area contributed by atoms with E-state index in [1.165, 1.54) is 16.7 Å². The first-order valence-corrected chi connectivity index (χ1v) is 9.66. The van der Waals surface area contributed by atoms with Crippen LogP contribution in [0.4, 0.5) is 0 Å². The maximum Gasteiger partial charge on any atom is 0.169 e. The fourth-order valence-corrected chi connectivity index (χ4v) is 4.94.